The second-order valence-electron chi connectivity index (χ2n) is 7.60. The molecule has 0 unspecified atom stereocenters. The number of rotatable bonds is 8. The van der Waals surface area contributed by atoms with Gasteiger partial charge >= 0.3 is 5.97 Å². The molecule has 0 aliphatic rings. The Morgan fingerprint density at radius 1 is 1.30 bits per heavy atom. The number of pyridine rings is 1. The topological polar surface area (TPSA) is 103 Å². The molecule has 0 bridgehead atoms. The average molecular weight is 473 g/mol. The van der Waals surface area contributed by atoms with Crippen LogP contribution < -0.4 is 4.74 Å². The quantitative estimate of drug-likeness (QED) is 0.344. The van der Waals surface area contributed by atoms with E-state index in [2.05, 4.69) is 20.1 Å². The van der Waals surface area contributed by atoms with Gasteiger partial charge in [0, 0.05) is 29.7 Å². The Bertz CT molecular complexity index is 1300. The van der Waals surface area contributed by atoms with Crippen molar-refractivity contribution in [2.24, 2.45) is 0 Å². The maximum atomic E-state index is 15.0. The number of hydrogen-bond acceptors (Lipinski definition) is 7. The van der Waals surface area contributed by atoms with E-state index in [0.29, 0.717) is 40.4 Å². The second kappa shape index (κ2) is 9.58. The summed E-state index contributed by atoms with van der Waals surface area (Å²) in [6.45, 7) is 5.82. The third-order valence-electron chi connectivity index (χ3n) is 4.83. The van der Waals surface area contributed by atoms with Crippen molar-refractivity contribution in [1.82, 2.24) is 20.1 Å². The number of aryl methyl sites for hydroxylation is 1. The SMILES string of the molecule is CCOC(=O)CCc1c[nH]c2cc(-c3noc(-c4cnc(OC(C)C)c(Cl)c4)n3)c(F)cc12. The van der Waals surface area contributed by atoms with Crippen LogP contribution in [0.15, 0.2) is 35.1 Å². The zero-order valence-electron chi connectivity index (χ0n) is 18.3. The number of carbonyl (C=O) groups excluding carboxylic acids is 1. The number of ether oxygens (including phenoxy) is 2. The van der Waals surface area contributed by atoms with Gasteiger partial charge in [0.1, 0.15) is 10.8 Å². The summed E-state index contributed by atoms with van der Waals surface area (Å²) in [5.41, 5.74) is 2.17. The monoisotopic (exact) mass is 472 g/mol. The van der Waals surface area contributed by atoms with Crippen molar-refractivity contribution in [2.45, 2.75) is 39.7 Å². The van der Waals surface area contributed by atoms with Crippen LogP contribution in [0, 0.1) is 5.82 Å². The molecule has 0 aliphatic carbocycles. The number of hydrogen-bond donors (Lipinski definition) is 1. The first-order valence-corrected chi connectivity index (χ1v) is 10.8. The van der Waals surface area contributed by atoms with Gasteiger partial charge in [-0.2, -0.15) is 4.98 Å². The van der Waals surface area contributed by atoms with E-state index in [1.54, 1.807) is 25.3 Å². The Hall–Kier alpha value is -3.46. The van der Waals surface area contributed by atoms with E-state index in [9.17, 15) is 9.18 Å². The van der Waals surface area contributed by atoms with Crippen molar-refractivity contribution in [2.75, 3.05) is 6.61 Å². The van der Waals surface area contributed by atoms with Crippen LogP contribution in [-0.4, -0.2) is 38.8 Å². The van der Waals surface area contributed by atoms with Gasteiger partial charge in [-0.05, 0) is 51.0 Å². The van der Waals surface area contributed by atoms with E-state index in [0.717, 1.165) is 5.56 Å². The van der Waals surface area contributed by atoms with E-state index >= 15 is 0 Å². The molecule has 0 fully saturated rings. The molecule has 172 valence electrons. The van der Waals surface area contributed by atoms with Crippen molar-refractivity contribution in [3.05, 3.63) is 47.0 Å². The Morgan fingerprint density at radius 2 is 2.12 bits per heavy atom. The van der Waals surface area contributed by atoms with E-state index in [4.69, 9.17) is 25.6 Å². The fourth-order valence-electron chi connectivity index (χ4n) is 3.35. The molecule has 0 aliphatic heterocycles. The highest BCUT2D eigenvalue weighted by Crippen LogP contribution is 2.31. The van der Waals surface area contributed by atoms with Crippen LogP contribution in [0.2, 0.25) is 5.02 Å². The number of nitrogens with one attached hydrogen (secondary N) is 1. The predicted molar refractivity (Wildman–Crippen MR) is 121 cm³/mol. The van der Waals surface area contributed by atoms with E-state index in [1.807, 2.05) is 13.8 Å². The smallest absolute Gasteiger partial charge is 0.306 e. The minimum absolute atomic E-state index is 0.0765. The van der Waals surface area contributed by atoms with Crippen molar-refractivity contribution in [3.63, 3.8) is 0 Å². The third kappa shape index (κ3) is 4.98. The summed E-state index contributed by atoms with van der Waals surface area (Å²) in [6, 6.07) is 4.61. The summed E-state index contributed by atoms with van der Waals surface area (Å²) in [6.07, 6.45) is 3.83. The minimum atomic E-state index is -0.510. The summed E-state index contributed by atoms with van der Waals surface area (Å²) >= 11 is 6.23. The highest BCUT2D eigenvalue weighted by Gasteiger charge is 2.18. The van der Waals surface area contributed by atoms with Gasteiger partial charge in [-0.15, -0.1) is 0 Å². The van der Waals surface area contributed by atoms with Crippen LogP contribution >= 0.6 is 11.6 Å². The number of benzene rings is 1. The van der Waals surface area contributed by atoms with Gasteiger partial charge in [0.05, 0.1) is 23.8 Å². The number of aromatic nitrogens is 4. The maximum absolute atomic E-state index is 15.0. The molecule has 3 aromatic heterocycles. The van der Waals surface area contributed by atoms with Gasteiger partial charge in [-0.25, -0.2) is 9.37 Å². The molecule has 1 N–H and O–H groups in total. The summed E-state index contributed by atoms with van der Waals surface area (Å²) in [5.74, 6) is -0.259. The summed E-state index contributed by atoms with van der Waals surface area (Å²) < 4.78 is 30.7. The average Bonchev–Trinajstić information content (AvgIpc) is 3.40. The van der Waals surface area contributed by atoms with E-state index in [-0.39, 0.29) is 35.8 Å². The lowest BCUT2D eigenvalue weighted by Gasteiger charge is -2.09. The fourth-order valence-corrected chi connectivity index (χ4v) is 3.56. The Labute approximate surface area is 194 Å². The van der Waals surface area contributed by atoms with Crippen molar-refractivity contribution >= 4 is 28.5 Å². The number of esters is 1. The molecule has 8 nitrogen and oxygen atoms in total. The summed E-state index contributed by atoms with van der Waals surface area (Å²) in [7, 11) is 0. The van der Waals surface area contributed by atoms with Gasteiger partial charge in [-0.1, -0.05) is 16.8 Å². The highest BCUT2D eigenvalue weighted by atomic mass is 35.5. The third-order valence-corrected chi connectivity index (χ3v) is 5.10. The molecular weight excluding hydrogens is 451 g/mol. The molecule has 0 atom stereocenters. The minimum Gasteiger partial charge on any atom is -0.474 e. The molecule has 4 aromatic rings. The largest absolute Gasteiger partial charge is 0.474 e. The fraction of sp³-hybridized carbons (Fsp3) is 0.304. The molecule has 33 heavy (non-hydrogen) atoms. The molecular formula is C23H22ClFN4O4. The number of carbonyl (C=O) groups is 1. The van der Waals surface area contributed by atoms with Crippen LogP contribution in [0.25, 0.3) is 33.7 Å². The molecule has 0 spiro atoms. The van der Waals surface area contributed by atoms with Gasteiger partial charge in [0.2, 0.25) is 11.7 Å². The Balaban J connectivity index is 1.58. The molecule has 0 amide bonds. The maximum Gasteiger partial charge on any atom is 0.306 e. The van der Waals surface area contributed by atoms with Crippen LogP contribution in [0.5, 0.6) is 5.88 Å². The number of H-pyrrole nitrogens is 1. The molecule has 0 saturated heterocycles. The van der Waals surface area contributed by atoms with Crippen LogP contribution in [0.3, 0.4) is 0 Å². The number of halogens is 2. The van der Waals surface area contributed by atoms with Gasteiger partial charge < -0.3 is 19.0 Å². The van der Waals surface area contributed by atoms with Gasteiger partial charge in [0.25, 0.3) is 5.89 Å². The van der Waals surface area contributed by atoms with Crippen LogP contribution in [0.1, 0.15) is 32.8 Å². The van der Waals surface area contributed by atoms with Crippen molar-refractivity contribution < 1.29 is 23.2 Å². The van der Waals surface area contributed by atoms with Crippen LogP contribution in [0.4, 0.5) is 4.39 Å². The van der Waals surface area contributed by atoms with Crippen LogP contribution in [-0.2, 0) is 16.0 Å². The Morgan fingerprint density at radius 3 is 2.85 bits per heavy atom. The first kappa shape index (κ1) is 22.7. The lowest BCUT2D eigenvalue weighted by atomic mass is 10.1. The number of aromatic amines is 1. The second-order valence-corrected chi connectivity index (χ2v) is 8.00. The lowest BCUT2D eigenvalue weighted by molar-refractivity contribution is -0.143. The highest BCUT2D eigenvalue weighted by molar-refractivity contribution is 6.32. The Kier molecular flexibility index (Phi) is 6.60. The number of fused-ring (bicyclic) bond motifs is 1. The zero-order valence-corrected chi connectivity index (χ0v) is 19.1. The van der Waals surface area contributed by atoms with Crippen molar-refractivity contribution in [3.8, 4) is 28.7 Å². The predicted octanol–water partition coefficient (Wildman–Crippen LogP) is 5.36. The lowest BCUT2D eigenvalue weighted by Crippen LogP contribution is -2.07. The van der Waals surface area contributed by atoms with Gasteiger partial charge in [0.15, 0.2) is 0 Å². The van der Waals surface area contributed by atoms with Crippen molar-refractivity contribution in [1.29, 1.82) is 0 Å². The number of nitrogens with zero attached hydrogens (tertiary/aromatic N) is 3. The first-order valence-electron chi connectivity index (χ1n) is 10.5. The molecule has 0 radical (unpaired) electrons. The van der Waals surface area contributed by atoms with E-state index in [1.165, 1.54) is 12.3 Å². The first-order chi connectivity index (χ1) is 15.9. The zero-order chi connectivity index (χ0) is 23.5. The molecule has 1 aromatic carbocycles. The molecule has 0 saturated carbocycles. The molecule has 10 heteroatoms. The van der Waals surface area contributed by atoms with E-state index < -0.39 is 5.82 Å². The summed E-state index contributed by atoms with van der Waals surface area (Å²) in [5, 5.41) is 4.90. The van der Waals surface area contributed by atoms with Gasteiger partial charge in [-0.3, -0.25) is 4.79 Å². The molecule has 3 heterocycles. The standard InChI is InChI=1S/C23H22ClFN4O4/c1-4-31-20(30)6-5-13-10-26-19-9-16(18(25)8-15(13)19)21-28-22(33-29-21)14-7-17(24)23(27-11-14)32-12(2)3/h7-12,26H,4-6H2,1-3H3. The molecule has 4 rings (SSSR count). The normalized spacial score (nSPS) is 11.3. The summed E-state index contributed by atoms with van der Waals surface area (Å²) in [4.78, 5) is 23.2.